The number of hydrogen-bond acceptors (Lipinski definition) is 2. The molecule has 5 heteroatoms. The zero-order valence-corrected chi connectivity index (χ0v) is 11.1. The van der Waals surface area contributed by atoms with E-state index in [1.54, 1.807) is 18.2 Å². The predicted molar refractivity (Wildman–Crippen MR) is 62.2 cm³/mol. The summed E-state index contributed by atoms with van der Waals surface area (Å²) in [5.74, 6) is 0. The molecule has 1 aliphatic carbocycles. The average Bonchev–Trinajstić information content (AvgIpc) is 2.00. The summed E-state index contributed by atoms with van der Waals surface area (Å²) in [6.45, 7) is 4.09. The molecule has 1 aliphatic rings. The molecule has 0 atom stereocenters. The minimum Gasteiger partial charge on any atom is -0.212 e. The van der Waals surface area contributed by atoms with E-state index in [1.807, 2.05) is 0 Å². The molecule has 0 amide bonds. The first-order valence-corrected chi connectivity index (χ1v) is 7.69. The van der Waals surface area contributed by atoms with Gasteiger partial charge in [-0.15, -0.1) is 0 Å². The van der Waals surface area contributed by atoms with E-state index in [4.69, 9.17) is 0 Å². The third kappa shape index (κ3) is 2.49. The first kappa shape index (κ1) is 12.5. The van der Waals surface area contributed by atoms with Crippen LogP contribution in [0.15, 0.2) is 0 Å². The first-order chi connectivity index (χ1) is 6.50. The molecule has 1 fully saturated rings. The van der Waals surface area contributed by atoms with E-state index in [1.165, 1.54) is 0 Å². The largest absolute Gasteiger partial charge is 0.216 e. The van der Waals surface area contributed by atoms with Gasteiger partial charge in [0.15, 0.2) is 0 Å². The summed E-state index contributed by atoms with van der Waals surface area (Å²) >= 11 is 3.31. The molecule has 0 bridgehead atoms. The molecule has 84 valence electrons. The average molecular weight is 284 g/mol. The minimum absolute atomic E-state index is 0.264. The van der Waals surface area contributed by atoms with Crippen LogP contribution in [0.1, 0.15) is 33.1 Å². The van der Waals surface area contributed by atoms with Crippen LogP contribution in [0.25, 0.3) is 0 Å². The van der Waals surface area contributed by atoms with Crippen molar-refractivity contribution in [2.24, 2.45) is 0 Å². The number of sulfonamides is 1. The van der Waals surface area contributed by atoms with Crippen LogP contribution in [0.3, 0.4) is 0 Å². The van der Waals surface area contributed by atoms with Crippen LogP contribution >= 0.6 is 15.9 Å². The van der Waals surface area contributed by atoms with Crippen molar-refractivity contribution in [1.82, 2.24) is 4.31 Å². The van der Waals surface area contributed by atoms with Gasteiger partial charge in [-0.05, 0) is 26.7 Å². The Morgan fingerprint density at radius 3 is 2.29 bits per heavy atom. The minimum atomic E-state index is -3.06. The zero-order chi connectivity index (χ0) is 10.8. The fourth-order valence-electron chi connectivity index (χ4n) is 1.55. The van der Waals surface area contributed by atoms with Crippen molar-refractivity contribution in [3.05, 3.63) is 0 Å². The molecule has 14 heavy (non-hydrogen) atoms. The van der Waals surface area contributed by atoms with E-state index < -0.39 is 10.0 Å². The fourth-order valence-corrected chi connectivity index (χ4v) is 3.68. The Morgan fingerprint density at radius 1 is 1.43 bits per heavy atom. The summed E-state index contributed by atoms with van der Waals surface area (Å²) in [4.78, 5) is 0. The Labute approximate surface area is 95.0 Å². The molecule has 3 nitrogen and oxygen atoms in total. The highest BCUT2D eigenvalue weighted by molar-refractivity contribution is 9.09. The quantitative estimate of drug-likeness (QED) is 0.724. The van der Waals surface area contributed by atoms with Crippen LogP contribution in [0, 0.1) is 0 Å². The second-order valence-electron chi connectivity index (χ2n) is 3.98. The smallest absolute Gasteiger partial charge is 0.212 e. The van der Waals surface area contributed by atoms with Crippen molar-refractivity contribution in [2.75, 3.05) is 11.9 Å². The van der Waals surface area contributed by atoms with Crippen molar-refractivity contribution in [3.63, 3.8) is 0 Å². The third-order valence-electron chi connectivity index (χ3n) is 2.71. The summed E-state index contributed by atoms with van der Waals surface area (Å²) in [6.07, 6.45) is 3.22. The maximum atomic E-state index is 12.0. The van der Waals surface area contributed by atoms with E-state index >= 15 is 0 Å². The number of alkyl halides is 1. The lowest BCUT2D eigenvalue weighted by atomic mass is 9.93. The van der Waals surface area contributed by atoms with Crippen LogP contribution in [-0.4, -0.2) is 35.9 Å². The van der Waals surface area contributed by atoms with Crippen molar-refractivity contribution in [2.45, 2.75) is 44.4 Å². The molecule has 0 heterocycles. The zero-order valence-electron chi connectivity index (χ0n) is 8.74. The van der Waals surface area contributed by atoms with Gasteiger partial charge in [0, 0.05) is 17.9 Å². The summed E-state index contributed by atoms with van der Waals surface area (Å²) in [5.41, 5.74) is 0. The highest BCUT2D eigenvalue weighted by Gasteiger charge is 2.34. The molecule has 0 N–H and O–H groups in total. The van der Waals surface area contributed by atoms with Crippen molar-refractivity contribution in [1.29, 1.82) is 0 Å². The molecule has 0 unspecified atom stereocenters. The monoisotopic (exact) mass is 283 g/mol. The normalized spacial score (nSPS) is 18.9. The summed E-state index contributed by atoms with van der Waals surface area (Å²) < 4.78 is 25.6. The predicted octanol–water partition coefficient (Wildman–Crippen LogP) is 1.97. The number of rotatable bonds is 5. The first-order valence-electron chi connectivity index (χ1n) is 5.06. The van der Waals surface area contributed by atoms with E-state index in [2.05, 4.69) is 15.9 Å². The Hall–Kier alpha value is 0.390. The van der Waals surface area contributed by atoms with Crippen LogP contribution in [-0.2, 0) is 10.0 Å². The van der Waals surface area contributed by atoms with Gasteiger partial charge in [0.05, 0.1) is 5.25 Å². The number of hydrogen-bond donors (Lipinski definition) is 0. The standard InChI is InChI=1S/C9H18BrNO2S/c1-8(2)14(12,13)11(7-6-10)9-4-3-5-9/h8-9H,3-7H2,1-2H3. The summed E-state index contributed by atoms with van der Waals surface area (Å²) in [5, 5.41) is 0.414. The lowest BCUT2D eigenvalue weighted by Crippen LogP contribution is -2.47. The van der Waals surface area contributed by atoms with Gasteiger partial charge in [-0.1, -0.05) is 22.4 Å². The molecule has 0 aromatic carbocycles. The molecule has 0 aromatic rings. The molecule has 0 aromatic heterocycles. The van der Waals surface area contributed by atoms with Gasteiger partial charge in [-0.25, -0.2) is 8.42 Å². The van der Waals surface area contributed by atoms with Crippen LogP contribution in [0.5, 0.6) is 0 Å². The van der Waals surface area contributed by atoms with Crippen molar-refractivity contribution >= 4 is 26.0 Å². The highest BCUT2D eigenvalue weighted by atomic mass is 79.9. The maximum Gasteiger partial charge on any atom is 0.216 e. The summed E-state index contributed by atoms with van der Waals surface area (Å²) in [7, 11) is -3.06. The number of halogens is 1. The second kappa shape index (κ2) is 4.94. The maximum absolute atomic E-state index is 12.0. The molecule has 0 saturated heterocycles. The summed E-state index contributed by atoms with van der Waals surface area (Å²) in [6, 6.07) is 0.264. The molecule has 1 rings (SSSR count). The van der Waals surface area contributed by atoms with Gasteiger partial charge in [-0.3, -0.25) is 0 Å². The highest BCUT2D eigenvalue weighted by Crippen LogP contribution is 2.28. The van der Waals surface area contributed by atoms with Crippen LogP contribution < -0.4 is 0 Å². The third-order valence-corrected chi connectivity index (χ3v) is 5.39. The Kier molecular flexibility index (Phi) is 4.40. The molecular weight excluding hydrogens is 266 g/mol. The molecule has 1 saturated carbocycles. The fraction of sp³-hybridized carbons (Fsp3) is 1.00. The van der Waals surface area contributed by atoms with Crippen molar-refractivity contribution < 1.29 is 8.42 Å². The van der Waals surface area contributed by atoms with Crippen LogP contribution in [0.2, 0.25) is 0 Å². The van der Waals surface area contributed by atoms with Crippen molar-refractivity contribution in [3.8, 4) is 0 Å². The molecular formula is C9H18BrNO2S. The van der Waals surface area contributed by atoms with Gasteiger partial charge in [0.2, 0.25) is 10.0 Å². The number of nitrogens with zero attached hydrogens (tertiary/aromatic N) is 1. The topological polar surface area (TPSA) is 37.4 Å². The second-order valence-corrected chi connectivity index (χ2v) is 7.21. The molecule has 0 radical (unpaired) electrons. The van der Waals surface area contributed by atoms with Crippen LogP contribution in [0.4, 0.5) is 0 Å². The van der Waals surface area contributed by atoms with E-state index in [9.17, 15) is 8.42 Å². The Balaban J connectivity index is 2.75. The van der Waals surface area contributed by atoms with Gasteiger partial charge in [0.1, 0.15) is 0 Å². The Morgan fingerprint density at radius 2 is 2.00 bits per heavy atom. The Bertz CT molecular complexity index is 273. The lowest BCUT2D eigenvalue weighted by Gasteiger charge is -2.37. The van der Waals surface area contributed by atoms with Gasteiger partial charge >= 0.3 is 0 Å². The SMILES string of the molecule is CC(C)S(=O)(=O)N(CCBr)C1CCC1. The van der Waals surface area contributed by atoms with Gasteiger partial charge in [0.25, 0.3) is 0 Å². The lowest BCUT2D eigenvalue weighted by molar-refractivity contribution is 0.227. The van der Waals surface area contributed by atoms with Gasteiger partial charge in [-0.2, -0.15) is 4.31 Å². The van der Waals surface area contributed by atoms with Gasteiger partial charge < -0.3 is 0 Å². The molecule has 0 aliphatic heterocycles. The van der Waals surface area contributed by atoms with E-state index in [-0.39, 0.29) is 11.3 Å². The van der Waals surface area contributed by atoms with E-state index in [0.717, 1.165) is 24.6 Å². The van der Waals surface area contributed by atoms with E-state index in [0.29, 0.717) is 6.54 Å². The molecule has 0 spiro atoms.